The lowest BCUT2D eigenvalue weighted by Gasteiger charge is -2.18. The number of nitrogens with zero attached hydrogens (tertiary/aromatic N) is 1. The van der Waals surface area contributed by atoms with Crippen LogP contribution in [0.2, 0.25) is 0 Å². The molecule has 0 aliphatic carbocycles. The lowest BCUT2D eigenvalue weighted by atomic mass is 10.1. The Morgan fingerprint density at radius 2 is 2.19 bits per heavy atom. The van der Waals surface area contributed by atoms with Crippen LogP contribution in [0.3, 0.4) is 0 Å². The van der Waals surface area contributed by atoms with Crippen molar-refractivity contribution in [1.29, 1.82) is 0 Å². The zero-order valence-electron chi connectivity index (χ0n) is 12.5. The smallest absolute Gasteiger partial charge is 0.124 e. The SMILES string of the molecule is CCNC(C)c1cc(F)ccc1OCCc1cccnc1. The summed E-state index contributed by atoms with van der Waals surface area (Å²) >= 11 is 0. The van der Waals surface area contributed by atoms with E-state index in [0.29, 0.717) is 6.61 Å². The predicted octanol–water partition coefficient (Wildman–Crippen LogP) is 3.51. The maximum absolute atomic E-state index is 13.4. The molecule has 0 amide bonds. The maximum atomic E-state index is 13.4. The third-order valence-electron chi connectivity index (χ3n) is 3.32. The second-order valence-electron chi connectivity index (χ2n) is 4.92. The number of benzene rings is 1. The number of halogens is 1. The summed E-state index contributed by atoms with van der Waals surface area (Å²) in [6, 6.07) is 8.64. The molecule has 0 saturated heterocycles. The Kier molecular flexibility index (Phi) is 5.69. The summed E-state index contributed by atoms with van der Waals surface area (Å²) in [5.41, 5.74) is 1.98. The van der Waals surface area contributed by atoms with Gasteiger partial charge in [0.2, 0.25) is 0 Å². The Balaban J connectivity index is 2.02. The van der Waals surface area contributed by atoms with Gasteiger partial charge in [0.05, 0.1) is 6.61 Å². The fourth-order valence-electron chi connectivity index (χ4n) is 2.23. The second kappa shape index (κ2) is 7.74. The van der Waals surface area contributed by atoms with Gasteiger partial charge in [-0.15, -0.1) is 0 Å². The first-order chi connectivity index (χ1) is 10.2. The van der Waals surface area contributed by atoms with Crippen LogP contribution in [0, 0.1) is 5.82 Å². The molecule has 1 unspecified atom stereocenters. The lowest BCUT2D eigenvalue weighted by molar-refractivity contribution is 0.314. The molecule has 2 rings (SSSR count). The van der Waals surface area contributed by atoms with Gasteiger partial charge in [0.15, 0.2) is 0 Å². The highest BCUT2D eigenvalue weighted by Gasteiger charge is 2.12. The first kappa shape index (κ1) is 15.4. The highest BCUT2D eigenvalue weighted by molar-refractivity contribution is 5.36. The Hall–Kier alpha value is -1.94. The Morgan fingerprint density at radius 3 is 2.90 bits per heavy atom. The Morgan fingerprint density at radius 1 is 1.33 bits per heavy atom. The number of hydrogen-bond acceptors (Lipinski definition) is 3. The minimum absolute atomic E-state index is 0.0547. The molecule has 1 aromatic heterocycles. The third-order valence-corrected chi connectivity index (χ3v) is 3.32. The molecule has 2 aromatic rings. The highest BCUT2D eigenvalue weighted by Crippen LogP contribution is 2.26. The summed E-state index contributed by atoms with van der Waals surface area (Å²) in [6.07, 6.45) is 4.36. The number of ether oxygens (including phenoxy) is 1. The van der Waals surface area contributed by atoms with Crippen LogP contribution in [0.25, 0.3) is 0 Å². The van der Waals surface area contributed by atoms with Crippen molar-refractivity contribution in [2.45, 2.75) is 26.3 Å². The van der Waals surface area contributed by atoms with E-state index in [4.69, 9.17) is 4.74 Å². The summed E-state index contributed by atoms with van der Waals surface area (Å²) in [4.78, 5) is 4.08. The van der Waals surface area contributed by atoms with Crippen molar-refractivity contribution in [2.24, 2.45) is 0 Å². The minimum Gasteiger partial charge on any atom is -0.493 e. The van der Waals surface area contributed by atoms with E-state index >= 15 is 0 Å². The summed E-state index contributed by atoms with van der Waals surface area (Å²) < 4.78 is 19.3. The number of hydrogen-bond donors (Lipinski definition) is 1. The van der Waals surface area contributed by atoms with Crippen molar-refractivity contribution in [3.63, 3.8) is 0 Å². The van der Waals surface area contributed by atoms with E-state index in [0.717, 1.165) is 29.8 Å². The Labute approximate surface area is 125 Å². The molecular formula is C17H21FN2O. The van der Waals surface area contributed by atoms with Gasteiger partial charge in [-0.3, -0.25) is 4.98 Å². The zero-order chi connectivity index (χ0) is 15.1. The van der Waals surface area contributed by atoms with Gasteiger partial charge in [-0.25, -0.2) is 4.39 Å². The van der Waals surface area contributed by atoms with Crippen LogP contribution in [0.4, 0.5) is 4.39 Å². The van der Waals surface area contributed by atoms with Crippen molar-refractivity contribution in [3.8, 4) is 5.75 Å². The number of nitrogens with one attached hydrogen (secondary N) is 1. The molecule has 0 bridgehead atoms. The molecular weight excluding hydrogens is 267 g/mol. The minimum atomic E-state index is -0.241. The molecule has 1 N–H and O–H groups in total. The molecule has 0 aliphatic heterocycles. The average Bonchev–Trinajstić information content (AvgIpc) is 2.50. The number of pyridine rings is 1. The first-order valence-corrected chi connectivity index (χ1v) is 7.25. The summed E-state index contributed by atoms with van der Waals surface area (Å²) in [5, 5.41) is 3.28. The average molecular weight is 288 g/mol. The van der Waals surface area contributed by atoms with Crippen LogP contribution in [0.15, 0.2) is 42.7 Å². The molecule has 0 spiro atoms. The van der Waals surface area contributed by atoms with E-state index in [2.05, 4.69) is 10.3 Å². The zero-order valence-corrected chi connectivity index (χ0v) is 12.5. The highest BCUT2D eigenvalue weighted by atomic mass is 19.1. The quantitative estimate of drug-likeness (QED) is 0.846. The molecule has 0 aliphatic rings. The summed E-state index contributed by atoms with van der Waals surface area (Å²) in [6.45, 7) is 5.40. The summed E-state index contributed by atoms with van der Waals surface area (Å²) in [7, 11) is 0. The number of aromatic nitrogens is 1. The molecule has 1 heterocycles. The molecule has 21 heavy (non-hydrogen) atoms. The molecule has 0 fully saturated rings. The Bertz CT molecular complexity index is 560. The topological polar surface area (TPSA) is 34.1 Å². The lowest BCUT2D eigenvalue weighted by Crippen LogP contribution is -2.19. The third kappa shape index (κ3) is 4.53. The van der Waals surface area contributed by atoms with E-state index in [1.165, 1.54) is 12.1 Å². The van der Waals surface area contributed by atoms with Crippen LogP contribution in [0.5, 0.6) is 5.75 Å². The van der Waals surface area contributed by atoms with Gasteiger partial charge in [0.25, 0.3) is 0 Å². The van der Waals surface area contributed by atoms with Gasteiger partial charge < -0.3 is 10.1 Å². The van der Waals surface area contributed by atoms with E-state index in [9.17, 15) is 4.39 Å². The molecule has 0 saturated carbocycles. The number of rotatable bonds is 7. The normalized spacial score (nSPS) is 12.1. The molecule has 4 heteroatoms. The van der Waals surface area contributed by atoms with Gasteiger partial charge in [0.1, 0.15) is 11.6 Å². The van der Waals surface area contributed by atoms with Crippen molar-refractivity contribution >= 4 is 0 Å². The molecule has 1 aromatic carbocycles. The maximum Gasteiger partial charge on any atom is 0.124 e. The van der Waals surface area contributed by atoms with Crippen LogP contribution < -0.4 is 10.1 Å². The predicted molar refractivity (Wildman–Crippen MR) is 81.9 cm³/mol. The summed E-state index contributed by atoms with van der Waals surface area (Å²) in [5.74, 6) is 0.489. The van der Waals surface area contributed by atoms with Gasteiger partial charge in [0, 0.05) is 30.4 Å². The van der Waals surface area contributed by atoms with Crippen LogP contribution in [0.1, 0.15) is 31.0 Å². The first-order valence-electron chi connectivity index (χ1n) is 7.25. The largest absolute Gasteiger partial charge is 0.493 e. The molecule has 112 valence electrons. The molecule has 3 nitrogen and oxygen atoms in total. The van der Waals surface area contributed by atoms with Gasteiger partial charge in [-0.1, -0.05) is 13.0 Å². The van der Waals surface area contributed by atoms with Gasteiger partial charge >= 0.3 is 0 Å². The van der Waals surface area contributed by atoms with Crippen molar-refractivity contribution in [3.05, 3.63) is 59.7 Å². The van der Waals surface area contributed by atoms with Crippen molar-refractivity contribution in [2.75, 3.05) is 13.2 Å². The van der Waals surface area contributed by atoms with Gasteiger partial charge in [-0.2, -0.15) is 0 Å². The van der Waals surface area contributed by atoms with Crippen LogP contribution in [-0.2, 0) is 6.42 Å². The molecule has 0 radical (unpaired) electrons. The van der Waals surface area contributed by atoms with E-state index in [-0.39, 0.29) is 11.9 Å². The second-order valence-corrected chi connectivity index (χ2v) is 4.92. The van der Waals surface area contributed by atoms with Crippen LogP contribution >= 0.6 is 0 Å². The van der Waals surface area contributed by atoms with Crippen LogP contribution in [-0.4, -0.2) is 18.1 Å². The monoisotopic (exact) mass is 288 g/mol. The standard InChI is InChI=1S/C17H21FN2O/c1-3-20-13(2)16-11-15(18)6-7-17(16)21-10-8-14-5-4-9-19-12-14/h4-7,9,11-13,20H,3,8,10H2,1-2H3. The fourth-order valence-corrected chi connectivity index (χ4v) is 2.23. The fraction of sp³-hybridized carbons (Fsp3) is 0.353. The van der Waals surface area contributed by atoms with E-state index < -0.39 is 0 Å². The molecule has 1 atom stereocenters. The van der Waals surface area contributed by atoms with Gasteiger partial charge in [-0.05, 0) is 43.3 Å². The van der Waals surface area contributed by atoms with E-state index in [1.54, 1.807) is 12.3 Å². The van der Waals surface area contributed by atoms with E-state index in [1.807, 2.05) is 32.2 Å². The van der Waals surface area contributed by atoms with Crippen molar-refractivity contribution < 1.29 is 9.13 Å². The van der Waals surface area contributed by atoms with Crippen molar-refractivity contribution in [1.82, 2.24) is 10.3 Å².